The molecular weight excluding hydrogens is 479 g/mol. The van der Waals surface area contributed by atoms with Gasteiger partial charge in [-0.05, 0) is 43.7 Å². The molecule has 1 heterocycles. The highest BCUT2D eigenvalue weighted by molar-refractivity contribution is 14.0. The Bertz CT molecular complexity index is 568. The zero-order chi connectivity index (χ0) is 18.7. The topological polar surface area (TPSA) is 67.8 Å². The van der Waals surface area contributed by atoms with Crippen LogP contribution in [0.4, 0.5) is 0 Å². The SMILES string of the molecule is CCNC(=NCC1(CCOC)CCCC1)NCCOc1ncccc1Cl.I. The lowest BCUT2D eigenvalue weighted by Crippen LogP contribution is -2.40. The van der Waals surface area contributed by atoms with Crippen molar-refractivity contribution < 1.29 is 9.47 Å². The average Bonchev–Trinajstić information content (AvgIpc) is 3.12. The van der Waals surface area contributed by atoms with Gasteiger partial charge in [-0.3, -0.25) is 4.99 Å². The molecule has 1 saturated carbocycles. The van der Waals surface area contributed by atoms with Gasteiger partial charge >= 0.3 is 0 Å². The Hall–Kier alpha value is -0.800. The molecule has 0 atom stereocenters. The molecule has 0 radical (unpaired) electrons. The van der Waals surface area contributed by atoms with Crippen LogP contribution in [0.25, 0.3) is 0 Å². The summed E-state index contributed by atoms with van der Waals surface area (Å²) < 4.78 is 10.9. The standard InChI is InChI=1S/C19H31ClN4O2.HI/c1-3-21-18(23-12-14-26-17-16(20)7-6-11-22-17)24-15-19(10-13-25-2)8-4-5-9-19;/h6-7,11H,3-5,8-10,12-15H2,1-2H3,(H2,21,23,24);1H. The number of hydrogen-bond acceptors (Lipinski definition) is 4. The highest BCUT2D eigenvalue weighted by Gasteiger charge is 2.33. The Kier molecular flexibility index (Phi) is 12.0. The van der Waals surface area contributed by atoms with Crippen molar-refractivity contribution in [2.24, 2.45) is 10.4 Å². The number of methoxy groups -OCH3 is 1. The number of hydrogen-bond donors (Lipinski definition) is 2. The minimum Gasteiger partial charge on any atom is -0.475 e. The van der Waals surface area contributed by atoms with E-state index < -0.39 is 0 Å². The summed E-state index contributed by atoms with van der Waals surface area (Å²) in [6.45, 7) is 5.62. The second kappa shape index (κ2) is 13.4. The number of rotatable bonds is 10. The molecule has 8 heteroatoms. The summed E-state index contributed by atoms with van der Waals surface area (Å²) in [5.74, 6) is 1.29. The van der Waals surface area contributed by atoms with E-state index in [9.17, 15) is 0 Å². The summed E-state index contributed by atoms with van der Waals surface area (Å²) in [6.07, 6.45) is 7.81. The third-order valence-corrected chi connectivity index (χ3v) is 5.06. The second-order valence-corrected chi connectivity index (χ2v) is 7.12. The van der Waals surface area contributed by atoms with Crippen LogP contribution in [0.3, 0.4) is 0 Å². The van der Waals surface area contributed by atoms with Gasteiger partial charge in [-0.15, -0.1) is 24.0 Å². The predicted octanol–water partition coefficient (Wildman–Crippen LogP) is 3.88. The van der Waals surface area contributed by atoms with Gasteiger partial charge < -0.3 is 20.1 Å². The maximum Gasteiger partial charge on any atom is 0.232 e. The van der Waals surface area contributed by atoms with Gasteiger partial charge in [-0.1, -0.05) is 24.4 Å². The summed E-state index contributed by atoms with van der Waals surface area (Å²) in [7, 11) is 1.77. The van der Waals surface area contributed by atoms with E-state index in [1.807, 2.05) is 0 Å². The fourth-order valence-electron chi connectivity index (χ4n) is 3.31. The Labute approximate surface area is 184 Å². The minimum atomic E-state index is 0. The van der Waals surface area contributed by atoms with E-state index in [4.69, 9.17) is 26.1 Å². The van der Waals surface area contributed by atoms with Crippen molar-refractivity contribution in [3.8, 4) is 5.88 Å². The van der Waals surface area contributed by atoms with Crippen LogP contribution >= 0.6 is 35.6 Å². The third-order valence-electron chi connectivity index (χ3n) is 4.78. The number of halogens is 2. The van der Waals surface area contributed by atoms with E-state index in [-0.39, 0.29) is 29.4 Å². The van der Waals surface area contributed by atoms with E-state index in [0.29, 0.717) is 24.1 Å². The number of aromatic nitrogens is 1. The van der Waals surface area contributed by atoms with Crippen molar-refractivity contribution in [1.82, 2.24) is 15.6 Å². The molecule has 1 aromatic heterocycles. The lowest BCUT2D eigenvalue weighted by molar-refractivity contribution is 0.141. The first-order valence-corrected chi connectivity index (χ1v) is 9.81. The molecule has 1 aromatic rings. The van der Waals surface area contributed by atoms with Crippen LogP contribution in [-0.4, -0.2) is 50.9 Å². The Morgan fingerprint density at radius 2 is 2.07 bits per heavy atom. The highest BCUT2D eigenvalue weighted by Crippen LogP contribution is 2.41. The van der Waals surface area contributed by atoms with Crippen molar-refractivity contribution >= 4 is 41.5 Å². The van der Waals surface area contributed by atoms with Crippen molar-refractivity contribution in [2.45, 2.75) is 39.0 Å². The second-order valence-electron chi connectivity index (χ2n) is 6.71. The normalized spacial score (nSPS) is 15.9. The van der Waals surface area contributed by atoms with Crippen LogP contribution < -0.4 is 15.4 Å². The molecule has 0 aliphatic heterocycles. The molecule has 6 nitrogen and oxygen atoms in total. The molecule has 2 rings (SSSR count). The molecule has 0 amide bonds. The maximum absolute atomic E-state index is 6.04. The smallest absolute Gasteiger partial charge is 0.232 e. The molecule has 0 bridgehead atoms. The van der Waals surface area contributed by atoms with Gasteiger partial charge in [0.15, 0.2) is 5.96 Å². The van der Waals surface area contributed by atoms with Crippen molar-refractivity contribution in [2.75, 3.05) is 40.0 Å². The van der Waals surface area contributed by atoms with Gasteiger partial charge in [0.05, 0.1) is 6.54 Å². The van der Waals surface area contributed by atoms with Crippen LogP contribution in [0, 0.1) is 5.41 Å². The summed E-state index contributed by atoms with van der Waals surface area (Å²) in [5, 5.41) is 7.14. The molecule has 1 aliphatic rings. The van der Waals surface area contributed by atoms with Gasteiger partial charge in [-0.2, -0.15) is 0 Å². The van der Waals surface area contributed by atoms with Crippen molar-refractivity contribution in [1.29, 1.82) is 0 Å². The number of nitrogens with one attached hydrogen (secondary N) is 2. The summed E-state index contributed by atoms with van der Waals surface area (Å²) in [4.78, 5) is 8.94. The maximum atomic E-state index is 6.04. The Balaban J connectivity index is 0.00000364. The van der Waals surface area contributed by atoms with E-state index >= 15 is 0 Å². The molecule has 1 aliphatic carbocycles. The number of pyridine rings is 1. The van der Waals surface area contributed by atoms with Crippen molar-refractivity contribution in [3.05, 3.63) is 23.4 Å². The van der Waals surface area contributed by atoms with Gasteiger partial charge in [-0.25, -0.2) is 4.98 Å². The van der Waals surface area contributed by atoms with Crippen LogP contribution in [0.5, 0.6) is 5.88 Å². The Morgan fingerprint density at radius 3 is 2.74 bits per heavy atom. The quantitative estimate of drug-likeness (QED) is 0.216. The predicted molar refractivity (Wildman–Crippen MR) is 122 cm³/mol. The zero-order valence-corrected chi connectivity index (χ0v) is 19.4. The first-order valence-electron chi connectivity index (χ1n) is 9.43. The fourth-order valence-corrected chi connectivity index (χ4v) is 3.49. The monoisotopic (exact) mass is 510 g/mol. The molecule has 154 valence electrons. The van der Waals surface area contributed by atoms with Crippen LogP contribution in [-0.2, 0) is 4.74 Å². The van der Waals surface area contributed by atoms with Gasteiger partial charge in [0, 0.05) is 33.0 Å². The molecule has 0 saturated heterocycles. The number of guanidine groups is 1. The molecule has 27 heavy (non-hydrogen) atoms. The van der Waals surface area contributed by atoms with E-state index in [0.717, 1.165) is 32.1 Å². The molecule has 0 unspecified atom stereocenters. The van der Waals surface area contributed by atoms with Crippen LogP contribution in [0.1, 0.15) is 39.0 Å². The summed E-state index contributed by atoms with van der Waals surface area (Å²) >= 11 is 6.04. The lowest BCUT2D eigenvalue weighted by Gasteiger charge is -2.27. The largest absolute Gasteiger partial charge is 0.475 e. The van der Waals surface area contributed by atoms with E-state index in [1.54, 1.807) is 25.4 Å². The first-order chi connectivity index (χ1) is 12.7. The van der Waals surface area contributed by atoms with E-state index in [1.165, 1.54) is 25.7 Å². The molecule has 0 spiro atoms. The highest BCUT2D eigenvalue weighted by atomic mass is 127. The summed E-state index contributed by atoms with van der Waals surface area (Å²) in [5.41, 5.74) is 0.288. The number of nitrogens with zero attached hydrogens (tertiary/aromatic N) is 2. The average molecular weight is 511 g/mol. The van der Waals surface area contributed by atoms with E-state index in [2.05, 4.69) is 22.5 Å². The van der Waals surface area contributed by atoms with Crippen LogP contribution in [0.15, 0.2) is 23.3 Å². The van der Waals surface area contributed by atoms with Gasteiger partial charge in [0.1, 0.15) is 11.6 Å². The number of ether oxygens (including phenoxy) is 2. The lowest BCUT2D eigenvalue weighted by atomic mass is 9.83. The van der Waals surface area contributed by atoms with Gasteiger partial charge in [0.2, 0.25) is 5.88 Å². The molecule has 1 fully saturated rings. The minimum absolute atomic E-state index is 0. The zero-order valence-electron chi connectivity index (χ0n) is 16.3. The first kappa shape index (κ1) is 24.2. The molecule has 2 N–H and O–H groups in total. The third kappa shape index (κ3) is 8.39. The fraction of sp³-hybridized carbons (Fsp3) is 0.684. The van der Waals surface area contributed by atoms with Crippen molar-refractivity contribution in [3.63, 3.8) is 0 Å². The molecule has 0 aromatic carbocycles. The molecular formula is C19H32ClIN4O2. The van der Waals surface area contributed by atoms with Crippen LogP contribution in [0.2, 0.25) is 5.02 Å². The number of aliphatic imine (C=N–C) groups is 1. The van der Waals surface area contributed by atoms with Gasteiger partial charge in [0.25, 0.3) is 0 Å². The Morgan fingerprint density at radius 1 is 1.30 bits per heavy atom. The summed E-state index contributed by atoms with van der Waals surface area (Å²) in [6, 6.07) is 3.55.